The van der Waals surface area contributed by atoms with Crippen molar-refractivity contribution < 1.29 is 4.74 Å². The molecule has 3 nitrogen and oxygen atoms in total. The fraction of sp³-hybridized carbons (Fsp3) is 0.0625. The Bertz CT molecular complexity index is 695. The average molecular weight is 250 g/mol. The Morgan fingerprint density at radius 3 is 2.58 bits per heavy atom. The highest BCUT2D eigenvalue weighted by atomic mass is 16.5. The molecule has 0 amide bonds. The van der Waals surface area contributed by atoms with Crippen molar-refractivity contribution in [2.75, 3.05) is 12.4 Å². The first-order valence-corrected chi connectivity index (χ1v) is 6.17. The summed E-state index contributed by atoms with van der Waals surface area (Å²) in [7, 11) is 1.90. The van der Waals surface area contributed by atoms with Crippen molar-refractivity contribution in [3.63, 3.8) is 0 Å². The Morgan fingerprint density at radius 1 is 0.947 bits per heavy atom. The molecule has 0 unspecified atom stereocenters. The second-order valence-corrected chi connectivity index (χ2v) is 4.18. The summed E-state index contributed by atoms with van der Waals surface area (Å²) in [4.78, 5) is 4.42. The van der Waals surface area contributed by atoms with E-state index in [1.807, 2.05) is 61.6 Å². The van der Waals surface area contributed by atoms with E-state index in [2.05, 4.69) is 10.3 Å². The highest BCUT2D eigenvalue weighted by Crippen LogP contribution is 2.31. The second kappa shape index (κ2) is 4.98. The molecular weight excluding hydrogens is 236 g/mol. The normalized spacial score (nSPS) is 10.4. The summed E-state index contributed by atoms with van der Waals surface area (Å²) in [6.07, 6.45) is 1.78. The van der Waals surface area contributed by atoms with Crippen LogP contribution in [0.4, 0.5) is 5.69 Å². The van der Waals surface area contributed by atoms with E-state index < -0.39 is 0 Å². The van der Waals surface area contributed by atoms with Crippen LogP contribution in [0.25, 0.3) is 10.9 Å². The van der Waals surface area contributed by atoms with E-state index in [0.29, 0.717) is 0 Å². The first-order chi connectivity index (χ1) is 9.38. The Kier molecular flexibility index (Phi) is 3.02. The third kappa shape index (κ3) is 2.22. The summed E-state index contributed by atoms with van der Waals surface area (Å²) < 4.78 is 5.90. The van der Waals surface area contributed by atoms with E-state index in [1.165, 1.54) is 0 Å². The maximum atomic E-state index is 5.90. The molecule has 0 aliphatic heterocycles. The predicted octanol–water partition coefficient (Wildman–Crippen LogP) is 4.07. The van der Waals surface area contributed by atoms with Gasteiger partial charge < -0.3 is 10.1 Å². The van der Waals surface area contributed by atoms with E-state index in [4.69, 9.17) is 4.74 Å². The minimum absolute atomic E-state index is 0.765. The zero-order chi connectivity index (χ0) is 13.1. The quantitative estimate of drug-likeness (QED) is 0.760. The van der Waals surface area contributed by atoms with Gasteiger partial charge in [0.1, 0.15) is 11.3 Å². The lowest BCUT2D eigenvalue weighted by Crippen LogP contribution is -1.93. The van der Waals surface area contributed by atoms with Crippen molar-refractivity contribution in [3.05, 3.63) is 60.8 Å². The number of benzene rings is 2. The van der Waals surface area contributed by atoms with E-state index >= 15 is 0 Å². The van der Waals surface area contributed by atoms with Crippen LogP contribution in [0.2, 0.25) is 0 Å². The average Bonchev–Trinajstić information content (AvgIpc) is 2.48. The standard InChI is InChI=1S/C16H14N2O/c1-17-14-10-11-18-16-13(14)8-5-9-15(16)19-12-6-3-2-4-7-12/h2-11H,1H3,(H,17,18). The van der Waals surface area contributed by atoms with Gasteiger partial charge in [0.25, 0.3) is 0 Å². The Labute approximate surface area is 111 Å². The molecule has 2 aromatic carbocycles. The number of ether oxygens (including phenoxy) is 1. The van der Waals surface area contributed by atoms with Gasteiger partial charge in [0.05, 0.1) is 0 Å². The van der Waals surface area contributed by atoms with Crippen LogP contribution in [-0.4, -0.2) is 12.0 Å². The number of aromatic nitrogens is 1. The van der Waals surface area contributed by atoms with Gasteiger partial charge in [-0.2, -0.15) is 0 Å². The lowest BCUT2D eigenvalue weighted by molar-refractivity contribution is 0.487. The zero-order valence-corrected chi connectivity index (χ0v) is 10.6. The van der Waals surface area contributed by atoms with Crippen LogP contribution in [-0.2, 0) is 0 Å². The summed E-state index contributed by atoms with van der Waals surface area (Å²) in [5, 5.41) is 4.22. The third-order valence-corrected chi connectivity index (χ3v) is 2.97. The molecule has 1 N–H and O–H groups in total. The highest BCUT2D eigenvalue weighted by Gasteiger charge is 2.07. The second-order valence-electron chi connectivity index (χ2n) is 4.18. The molecule has 3 rings (SSSR count). The Morgan fingerprint density at radius 2 is 1.79 bits per heavy atom. The van der Waals surface area contributed by atoms with Crippen molar-refractivity contribution in [1.29, 1.82) is 0 Å². The highest BCUT2D eigenvalue weighted by molar-refractivity contribution is 5.94. The first-order valence-electron chi connectivity index (χ1n) is 6.17. The number of hydrogen-bond donors (Lipinski definition) is 1. The lowest BCUT2D eigenvalue weighted by atomic mass is 10.1. The molecule has 0 spiro atoms. The van der Waals surface area contributed by atoms with Crippen LogP contribution in [0.1, 0.15) is 0 Å². The van der Waals surface area contributed by atoms with Gasteiger partial charge in [-0.1, -0.05) is 30.3 Å². The molecule has 0 saturated heterocycles. The molecule has 0 atom stereocenters. The molecular formula is C16H14N2O. The fourth-order valence-corrected chi connectivity index (χ4v) is 2.06. The fourth-order valence-electron chi connectivity index (χ4n) is 2.06. The van der Waals surface area contributed by atoms with Gasteiger partial charge >= 0.3 is 0 Å². The summed E-state index contributed by atoms with van der Waals surface area (Å²) in [5.41, 5.74) is 1.90. The van der Waals surface area contributed by atoms with Crippen molar-refractivity contribution in [1.82, 2.24) is 4.98 Å². The van der Waals surface area contributed by atoms with Crippen molar-refractivity contribution in [2.24, 2.45) is 0 Å². The van der Waals surface area contributed by atoms with Crippen LogP contribution < -0.4 is 10.1 Å². The topological polar surface area (TPSA) is 34.2 Å². The van der Waals surface area contributed by atoms with Crippen LogP contribution in [0.5, 0.6) is 11.5 Å². The van der Waals surface area contributed by atoms with Crippen molar-refractivity contribution in [3.8, 4) is 11.5 Å². The molecule has 0 aliphatic rings. The van der Waals surface area contributed by atoms with Gasteiger partial charge in [0.2, 0.25) is 0 Å². The molecule has 3 heteroatoms. The monoisotopic (exact) mass is 250 g/mol. The molecule has 0 saturated carbocycles. The van der Waals surface area contributed by atoms with E-state index in [9.17, 15) is 0 Å². The van der Waals surface area contributed by atoms with E-state index in [1.54, 1.807) is 6.20 Å². The lowest BCUT2D eigenvalue weighted by Gasteiger charge is -2.10. The molecule has 0 bridgehead atoms. The van der Waals surface area contributed by atoms with Crippen LogP contribution >= 0.6 is 0 Å². The summed E-state index contributed by atoms with van der Waals surface area (Å²) in [6, 6.07) is 17.6. The number of para-hydroxylation sites is 2. The van der Waals surface area contributed by atoms with E-state index in [0.717, 1.165) is 28.1 Å². The van der Waals surface area contributed by atoms with Gasteiger partial charge in [0.15, 0.2) is 5.75 Å². The summed E-state index contributed by atoms with van der Waals surface area (Å²) in [5.74, 6) is 1.58. The van der Waals surface area contributed by atoms with Gasteiger partial charge in [-0.25, -0.2) is 0 Å². The molecule has 3 aromatic rings. The number of hydrogen-bond acceptors (Lipinski definition) is 3. The SMILES string of the molecule is CNc1ccnc2c(Oc3ccccc3)cccc12. The molecule has 0 fully saturated rings. The van der Waals surface area contributed by atoms with Crippen LogP contribution in [0.15, 0.2) is 60.8 Å². The number of pyridine rings is 1. The molecule has 19 heavy (non-hydrogen) atoms. The zero-order valence-electron chi connectivity index (χ0n) is 10.6. The minimum Gasteiger partial charge on any atom is -0.455 e. The molecule has 94 valence electrons. The number of fused-ring (bicyclic) bond motifs is 1. The van der Waals surface area contributed by atoms with Crippen molar-refractivity contribution >= 4 is 16.6 Å². The van der Waals surface area contributed by atoms with Gasteiger partial charge in [-0.15, -0.1) is 0 Å². The molecule has 1 heterocycles. The molecule has 0 aliphatic carbocycles. The van der Waals surface area contributed by atoms with Crippen molar-refractivity contribution in [2.45, 2.75) is 0 Å². The van der Waals surface area contributed by atoms with Gasteiger partial charge in [0, 0.05) is 24.3 Å². The maximum Gasteiger partial charge on any atom is 0.153 e. The van der Waals surface area contributed by atoms with Gasteiger partial charge in [-0.3, -0.25) is 4.98 Å². The van der Waals surface area contributed by atoms with Crippen LogP contribution in [0.3, 0.4) is 0 Å². The molecule has 1 aromatic heterocycles. The largest absolute Gasteiger partial charge is 0.455 e. The number of nitrogens with one attached hydrogen (secondary N) is 1. The summed E-state index contributed by atoms with van der Waals surface area (Å²) >= 11 is 0. The Hall–Kier alpha value is -2.55. The van der Waals surface area contributed by atoms with E-state index in [-0.39, 0.29) is 0 Å². The van der Waals surface area contributed by atoms with Crippen LogP contribution in [0, 0.1) is 0 Å². The Balaban J connectivity index is 2.09. The number of anilines is 1. The predicted molar refractivity (Wildman–Crippen MR) is 77.8 cm³/mol. The third-order valence-electron chi connectivity index (χ3n) is 2.97. The number of rotatable bonds is 3. The first kappa shape index (κ1) is 11.5. The van der Waals surface area contributed by atoms with Gasteiger partial charge in [-0.05, 0) is 24.3 Å². The number of nitrogens with zero attached hydrogens (tertiary/aromatic N) is 1. The summed E-state index contributed by atoms with van der Waals surface area (Å²) in [6.45, 7) is 0. The maximum absolute atomic E-state index is 5.90. The molecule has 0 radical (unpaired) electrons. The smallest absolute Gasteiger partial charge is 0.153 e. The minimum atomic E-state index is 0.765.